The van der Waals surface area contributed by atoms with Gasteiger partial charge in [0.1, 0.15) is 23.1 Å². The summed E-state index contributed by atoms with van der Waals surface area (Å²) in [6.45, 7) is 4.16. The summed E-state index contributed by atoms with van der Waals surface area (Å²) in [5.74, 6) is -0.00510. The Morgan fingerprint density at radius 1 is 1.07 bits per heavy atom. The standard InChI is InChI=1S/C33H32N4O6S/c1-3-32(20-33(32,34)31(39)37-44(40,41)24-12-8-5-9-13-24)30(38)28-17-23(19-35-28)43-29-18-26(21-10-6-4-7-11-21)36-27-16-22(42-2)14-15-25(27)29/h3-16,18,23,28,35H,1,17,19-20,34H2,2H3,(H,37,39)/t23-,28+,32+,33+/m1/s1. The smallest absolute Gasteiger partial charge is 0.264 e. The van der Waals surface area contributed by atoms with Crippen LogP contribution in [0.3, 0.4) is 0 Å². The molecular formula is C33H32N4O6S. The second-order valence-electron chi connectivity index (χ2n) is 11.1. The third-order valence-corrected chi connectivity index (χ3v) is 9.80. The van der Waals surface area contributed by atoms with Gasteiger partial charge in [-0.05, 0) is 30.7 Å². The summed E-state index contributed by atoms with van der Waals surface area (Å²) in [5.41, 5.74) is 5.59. The summed E-state index contributed by atoms with van der Waals surface area (Å²) in [4.78, 5) is 31.7. The molecule has 1 saturated carbocycles. The van der Waals surface area contributed by atoms with Crippen LogP contribution in [0.5, 0.6) is 11.5 Å². The van der Waals surface area contributed by atoms with E-state index in [1.807, 2.05) is 59.3 Å². The molecule has 4 aromatic rings. The summed E-state index contributed by atoms with van der Waals surface area (Å²) < 4.78 is 39.4. The van der Waals surface area contributed by atoms with E-state index >= 15 is 0 Å². The summed E-state index contributed by atoms with van der Waals surface area (Å²) >= 11 is 0. The van der Waals surface area contributed by atoms with Crippen LogP contribution in [-0.2, 0) is 19.6 Å². The second kappa shape index (κ2) is 11.2. The minimum Gasteiger partial charge on any atom is -0.497 e. The third kappa shape index (κ3) is 5.12. The maximum atomic E-state index is 13.8. The lowest BCUT2D eigenvalue weighted by atomic mass is 9.89. The molecule has 0 radical (unpaired) electrons. The van der Waals surface area contributed by atoms with Crippen LogP contribution in [-0.4, -0.2) is 56.4 Å². The van der Waals surface area contributed by atoms with Crippen molar-refractivity contribution >= 4 is 32.6 Å². The normalized spacial score (nSPS) is 24.4. The average Bonchev–Trinajstić information content (AvgIpc) is 3.43. The number of methoxy groups -OCH3 is 1. The maximum Gasteiger partial charge on any atom is 0.264 e. The number of sulfonamides is 1. The molecule has 2 aliphatic rings. The highest BCUT2D eigenvalue weighted by Crippen LogP contribution is 2.57. The zero-order valence-corrected chi connectivity index (χ0v) is 24.8. The number of hydrogen-bond donors (Lipinski definition) is 3. The van der Waals surface area contributed by atoms with Crippen LogP contribution < -0.4 is 25.2 Å². The molecule has 1 amide bonds. The number of fused-ring (bicyclic) bond motifs is 1. The fraction of sp³-hybridized carbons (Fsp3) is 0.242. The van der Waals surface area contributed by atoms with Gasteiger partial charge >= 0.3 is 0 Å². The molecule has 1 aliphatic heterocycles. The van der Waals surface area contributed by atoms with Gasteiger partial charge in [0, 0.05) is 36.0 Å². The van der Waals surface area contributed by atoms with Gasteiger partial charge in [-0.25, -0.2) is 18.1 Å². The molecular weight excluding hydrogens is 580 g/mol. The summed E-state index contributed by atoms with van der Waals surface area (Å²) in [5, 5.41) is 4.00. The number of Topliss-reactive ketones (excluding diaryl/α,β-unsaturated/α-hetero) is 1. The number of carbonyl (C=O) groups is 2. The molecule has 0 unspecified atom stereocenters. The van der Waals surface area contributed by atoms with E-state index in [2.05, 4.69) is 11.9 Å². The predicted octanol–water partition coefficient (Wildman–Crippen LogP) is 3.37. The van der Waals surface area contributed by atoms with Crippen LogP contribution in [0.25, 0.3) is 22.2 Å². The molecule has 0 bridgehead atoms. The summed E-state index contributed by atoms with van der Waals surface area (Å²) in [6.07, 6.45) is 1.24. The van der Waals surface area contributed by atoms with Crippen LogP contribution in [0.2, 0.25) is 0 Å². The van der Waals surface area contributed by atoms with Crippen molar-refractivity contribution in [1.29, 1.82) is 0 Å². The number of nitrogens with two attached hydrogens (primary N) is 1. The number of ketones is 1. The van der Waals surface area contributed by atoms with Crippen molar-refractivity contribution in [2.75, 3.05) is 13.7 Å². The molecule has 4 N–H and O–H groups in total. The number of nitrogens with one attached hydrogen (secondary N) is 2. The van der Waals surface area contributed by atoms with Gasteiger partial charge in [-0.1, -0.05) is 54.6 Å². The fourth-order valence-corrected chi connectivity index (χ4v) is 6.91. The predicted molar refractivity (Wildman–Crippen MR) is 165 cm³/mol. The number of ether oxygens (including phenoxy) is 2. The summed E-state index contributed by atoms with van der Waals surface area (Å²) in [6, 6.07) is 24.0. The lowest BCUT2D eigenvalue weighted by Crippen LogP contribution is -2.52. The molecule has 2 fully saturated rings. The molecule has 44 heavy (non-hydrogen) atoms. The number of benzene rings is 3. The molecule has 1 aromatic heterocycles. The zero-order valence-electron chi connectivity index (χ0n) is 24.0. The van der Waals surface area contributed by atoms with Crippen molar-refractivity contribution in [2.45, 2.75) is 35.4 Å². The van der Waals surface area contributed by atoms with Gasteiger partial charge in [-0.15, -0.1) is 6.58 Å². The number of hydrogen-bond acceptors (Lipinski definition) is 9. The molecule has 1 aliphatic carbocycles. The molecule has 0 spiro atoms. The third-order valence-electron chi connectivity index (χ3n) is 8.45. The van der Waals surface area contributed by atoms with E-state index in [1.54, 1.807) is 25.3 Å². The molecule has 2 heterocycles. The highest BCUT2D eigenvalue weighted by atomic mass is 32.2. The Bertz CT molecular complexity index is 1870. The SMILES string of the molecule is C=C[C@@]1(C(=O)[C@@H]2C[C@@H](Oc3cc(-c4ccccc4)nc4cc(OC)ccc34)CN2)C[C@]1(N)C(=O)NS(=O)(=O)c1ccccc1. The Labute approximate surface area is 255 Å². The quantitative estimate of drug-likeness (QED) is 0.229. The Kier molecular flexibility index (Phi) is 7.48. The van der Waals surface area contributed by atoms with Crippen LogP contribution >= 0.6 is 0 Å². The number of nitrogens with zero attached hydrogens (tertiary/aromatic N) is 1. The molecule has 6 rings (SSSR count). The van der Waals surface area contributed by atoms with Crippen LogP contribution in [0.1, 0.15) is 12.8 Å². The largest absolute Gasteiger partial charge is 0.497 e. The Hall–Kier alpha value is -4.58. The molecule has 10 nitrogen and oxygen atoms in total. The van der Waals surface area contributed by atoms with Gasteiger partial charge in [0.2, 0.25) is 0 Å². The van der Waals surface area contributed by atoms with E-state index in [4.69, 9.17) is 20.2 Å². The monoisotopic (exact) mass is 612 g/mol. The summed E-state index contributed by atoms with van der Waals surface area (Å²) in [7, 11) is -2.57. The number of aromatic nitrogens is 1. The van der Waals surface area contributed by atoms with Gasteiger partial charge < -0.3 is 20.5 Å². The van der Waals surface area contributed by atoms with Crippen LogP contribution in [0, 0.1) is 5.41 Å². The number of carbonyl (C=O) groups excluding carboxylic acids is 2. The molecule has 3 aromatic carbocycles. The van der Waals surface area contributed by atoms with Crippen molar-refractivity contribution in [3.63, 3.8) is 0 Å². The fourth-order valence-electron chi connectivity index (χ4n) is 5.85. The Morgan fingerprint density at radius 3 is 2.45 bits per heavy atom. The first-order valence-corrected chi connectivity index (χ1v) is 15.6. The maximum absolute atomic E-state index is 13.8. The van der Waals surface area contributed by atoms with Crippen LogP contribution in [0.4, 0.5) is 0 Å². The van der Waals surface area contributed by atoms with E-state index < -0.39 is 32.9 Å². The molecule has 4 atom stereocenters. The van der Waals surface area contributed by atoms with Gasteiger partial charge in [0.15, 0.2) is 5.78 Å². The van der Waals surface area contributed by atoms with E-state index in [0.29, 0.717) is 30.0 Å². The Morgan fingerprint density at radius 2 is 1.77 bits per heavy atom. The minimum atomic E-state index is -4.17. The van der Waals surface area contributed by atoms with Crippen molar-refractivity contribution in [3.05, 3.63) is 97.6 Å². The van der Waals surface area contributed by atoms with E-state index in [9.17, 15) is 18.0 Å². The van der Waals surface area contributed by atoms with E-state index in [1.165, 1.54) is 18.2 Å². The van der Waals surface area contributed by atoms with Crippen molar-refractivity contribution in [2.24, 2.45) is 11.1 Å². The Balaban J connectivity index is 1.20. The minimum absolute atomic E-state index is 0.0561. The van der Waals surface area contributed by atoms with E-state index in [0.717, 1.165) is 16.6 Å². The van der Waals surface area contributed by atoms with Gasteiger partial charge in [-0.3, -0.25) is 9.59 Å². The van der Waals surface area contributed by atoms with Crippen molar-refractivity contribution in [3.8, 4) is 22.8 Å². The van der Waals surface area contributed by atoms with Crippen molar-refractivity contribution in [1.82, 2.24) is 15.0 Å². The lowest BCUT2D eigenvalue weighted by molar-refractivity contribution is -0.129. The lowest BCUT2D eigenvalue weighted by Gasteiger charge is -2.21. The first-order valence-electron chi connectivity index (χ1n) is 14.1. The first kappa shape index (κ1) is 29.5. The van der Waals surface area contributed by atoms with Crippen LogP contribution in [0.15, 0.2) is 102 Å². The number of rotatable bonds is 10. The number of amides is 1. The van der Waals surface area contributed by atoms with E-state index in [-0.39, 0.29) is 23.2 Å². The van der Waals surface area contributed by atoms with Gasteiger partial charge in [-0.2, -0.15) is 0 Å². The average molecular weight is 613 g/mol. The number of pyridine rings is 1. The molecule has 226 valence electrons. The van der Waals surface area contributed by atoms with Crippen molar-refractivity contribution < 1.29 is 27.5 Å². The topological polar surface area (TPSA) is 150 Å². The zero-order chi connectivity index (χ0) is 31.1. The highest BCUT2D eigenvalue weighted by molar-refractivity contribution is 7.90. The highest BCUT2D eigenvalue weighted by Gasteiger charge is 2.73. The molecule has 11 heteroatoms. The second-order valence-corrected chi connectivity index (χ2v) is 12.8. The van der Waals surface area contributed by atoms with Gasteiger partial charge in [0.05, 0.1) is 34.7 Å². The van der Waals surface area contributed by atoms with Gasteiger partial charge in [0.25, 0.3) is 15.9 Å². The first-order chi connectivity index (χ1) is 21.1. The molecule has 1 saturated heterocycles.